The first-order valence-corrected chi connectivity index (χ1v) is 16.0. The lowest BCUT2D eigenvalue weighted by atomic mass is 9.99. The Morgan fingerprint density at radius 2 is 0.830 bits per heavy atom. The maximum Gasteiger partial charge on any atom is 0.213 e. The van der Waals surface area contributed by atoms with Crippen LogP contribution < -0.4 is 0 Å². The molecule has 0 aliphatic heterocycles. The summed E-state index contributed by atoms with van der Waals surface area (Å²) in [6.45, 7) is 0. The van der Waals surface area contributed by atoms with Gasteiger partial charge in [0.1, 0.15) is 5.58 Å². The van der Waals surface area contributed by atoms with E-state index in [1.807, 2.05) is 12.1 Å². The van der Waals surface area contributed by atoms with E-state index < -0.39 is 0 Å². The third kappa shape index (κ3) is 3.93. The SMILES string of the molecule is c1ccc(-n2c3ccc(-c4ccc(-c5ccc(-n6c7ccccc7c7ccccc76)cc5)cc4)cc3c3c4ccccc4oc32)cc1. The van der Waals surface area contributed by atoms with E-state index in [1.54, 1.807) is 0 Å². The summed E-state index contributed by atoms with van der Waals surface area (Å²) in [6, 6.07) is 60.7. The lowest BCUT2D eigenvalue weighted by Gasteiger charge is -2.10. The zero-order chi connectivity index (χ0) is 30.9. The van der Waals surface area contributed by atoms with Gasteiger partial charge in [-0.15, -0.1) is 0 Å². The molecule has 0 aliphatic rings. The van der Waals surface area contributed by atoms with Crippen molar-refractivity contribution >= 4 is 54.8 Å². The van der Waals surface area contributed by atoms with Gasteiger partial charge in [0.25, 0.3) is 0 Å². The topological polar surface area (TPSA) is 23.0 Å². The Labute approximate surface area is 271 Å². The molecular formula is C44H28N2O. The van der Waals surface area contributed by atoms with Crippen molar-refractivity contribution in [3.8, 4) is 33.6 Å². The quantitative estimate of drug-likeness (QED) is 0.197. The number of aromatic nitrogens is 2. The van der Waals surface area contributed by atoms with Gasteiger partial charge >= 0.3 is 0 Å². The Kier molecular flexibility index (Phi) is 5.57. The summed E-state index contributed by atoms with van der Waals surface area (Å²) >= 11 is 0. The average Bonchev–Trinajstić information content (AvgIpc) is 3.79. The van der Waals surface area contributed by atoms with Crippen LogP contribution in [0.5, 0.6) is 0 Å². The zero-order valence-electron chi connectivity index (χ0n) is 25.5. The lowest BCUT2D eigenvalue weighted by molar-refractivity contribution is 0.645. The summed E-state index contributed by atoms with van der Waals surface area (Å²) < 4.78 is 11.1. The van der Waals surface area contributed by atoms with Gasteiger partial charge in [0, 0.05) is 32.9 Å². The third-order valence-electron chi connectivity index (χ3n) is 9.56. The van der Waals surface area contributed by atoms with E-state index >= 15 is 0 Å². The van der Waals surface area contributed by atoms with Crippen LogP contribution >= 0.6 is 0 Å². The third-order valence-corrected chi connectivity index (χ3v) is 9.56. The molecule has 220 valence electrons. The number of hydrogen-bond acceptors (Lipinski definition) is 1. The van der Waals surface area contributed by atoms with E-state index in [4.69, 9.17) is 4.42 Å². The number of fused-ring (bicyclic) bond motifs is 8. The molecule has 3 aromatic heterocycles. The predicted octanol–water partition coefficient (Wildman–Crippen LogP) is 12.0. The minimum absolute atomic E-state index is 0.879. The molecule has 3 heteroatoms. The predicted molar refractivity (Wildman–Crippen MR) is 196 cm³/mol. The molecular weight excluding hydrogens is 572 g/mol. The molecule has 0 unspecified atom stereocenters. The van der Waals surface area contributed by atoms with Gasteiger partial charge in [0.05, 0.1) is 21.9 Å². The van der Waals surface area contributed by atoms with Crippen molar-refractivity contribution in [2.75, 3.05) is 0 Å². The summed E-state index contributed by atoms with van der Waals surface area (Å²) in [5.74, 6) is 0. The Hall–Kier alpha value is -6.32. The van der Waals surface area contributed by atoms with E-state index in [0.717, 1.165) is 39.0 Å². The maximum atomic E-state index is 6.47. The molecule has 0 saturated heterocycles. The normalized spacial score (nSPS) is 11.8. The van der Waals surface area contributed by atoms with Crippen LogP contribution in [0.15, 0.2) is 174 Å². The fourth-order valence-electron chi connectivity index (χ4n) is 7.36. The highest BCUT2D eigenvalue weighted by atomic mass is 16.3. The molecule has 7 aromatic carbocycles. The van der Waals surface area contributed by atoms with Gasteiger partial charge in [0.2, 0.25) is 5.71 Å². The molecule has 10 aromatic rings. The van der Waals surface area contributed by atoms with Crippen LogP contribution in [0.1, 0.15) is 0 Å². The van der Waals surface area contributed by atoms with Crippen LogP contribution in [0, 0.1) is 0 Å². The maximum absolute atomic E-state index is 6.47. The molecule has 0 bridgehead atoms. The van der Waals surface area contributed by atoms with Gasteiger partial charge in [-0.2, -0.15) is 0 Å². The Balaban J connectivity index is 1.03. The van der Waals surface area contributed by atoms with Gasteiger partial charge in [-0.1, -0.05) is 115 Å². The smallest absolute Gasteiger partial charge is 0.213 e. The second-order valence-corrected chi connectivity index (χ2v) is 12.2. The minimum Gasteiger partial charge on any atom is -0.439 e. The first-order valence-electron chi connectivity index (χ1n) is 16.0. The Morgan fingerprint density at radius 1 is 0.340 bits per heavy atom. The van der Waals surface area contributed by atoms with Gasteiger partial charge < -0.3 is 8.98 Å². The van der Waals surface area contributed by atoms with Crippen molar-refractivity contribution in [2.45, 2.75) is 0 Å². The summed E-state index contributed by atoms with van der Waals surface area (Å²) in [6.07, 6.45) is 0. The van der Waals surface area contributed by atoms with E-state index in [1.165, 1.54) is 49.4 Å². The van der Waals surface area contributed by atoms with Crippen LogP contribution in [-0.4, -0.2) is 9.13 Å². The Bertz CT molecular complexity index is 2710. The number of para-hydroxylation sites is 4. The summed E-state index contributed by atoms with van der Waals surface area (Å²) in [7, 11) is 0. The number of benzene rings is 7. The number of rotatable bonds is 4. The zero-order valence-corrected chi connectivity index (χ0v) is 25.5. The van der Waals surface area contributed by atoms with Gasteiger partial charge in [-0.3, -0.25) is 4.57 Å². The minimum atomic E-state index is 0.879. The second-order valence-electron chi connectivity index (χ2n) is 12.2. The molecule has 0 atom stereocenters. The standard InChI is InChI=1S/C44H28N2O/c1-2-10-33(11-3-1)46-41-27-24-32(28-38(41)43-37-14-6-9-17-42(37)47-44(43)46)31-20-18-29(19-21-31)30-22-25-34(26-23-30)45-39-15-7-4-12-35(39)36-13-5-8-16-40(36)45/h1-28H. The highest BCUT2D eigenvalue weighted by molar-refractivity contribution is 6.20. The van der Waals surface area contributed by atoms with Crippen molar-refractivity contribution in [3.05, 3.63) is 170 Å². The van der Waals surface area contributed by atoms with Gasteiger partial charge in [0.15, 0.2) is 0 Å². The van der Waals surface area contributed by atoms with Crippen LogP contribution in [0.3, 0.4) is 0 Å². The van der Waals surface area contributed by atoms with E-state index in [2.05, 4.69) is 167 Å². The van der Waals surface area contributed by atoms with E-state index in [9.17, 15) is 0 Å². The molecule has 0 radical (unpaired) electrons. The highest BCUT2D eigenvalue weighted by Gasteiger charge is 2.20. The highest BCUT2D eigenvalue weighted by Crippen LogP contribution is 2.41. The van der Waals surface area contributed by atoms with Crippen molar-refractivity contribution in [2.24, 2.45) is 0 Å². The molecule has 0 amide bonds. The average molecular weight is 601 g/mol. The van der Waals surface area contributed by atoms with Crippen molar-refractivity contribution in [3.63, 3.8) is 0 Å². The number of furan rings is 1. The van der Waals surface area contributed by atoms with Gasteiger partial charge in [-0.25, -0.2) is 0 Å². The fraction of sp³-hybridized carbons (Fsp3) is 0. The van der Waals surface area contributed by atoms with E-state index in [-0.39, 0.29) is 0 Å². The van der Waals surface area contributed by atoms with Crippen LogP contribution in [0.4, 0.5) is 0 Å². The van der Waals surface area contributed by atoms with Crippen molar-refractivity contribution in [1.29, 1.82) is 0 Å². The second kappa shape index (κ2) is 10.1. The monoisotopic (exact) mass is 600 g/mol. The van der Waals surface area contributed by atoms with Crippen LogP contribution in [0.2, 0.25) is 0 Å². The summed E-state index contributed by atoms with van der Waals surface area (Å²) in [5.41, 5.74) is 12.4. The van der Waals surface area contributed by atoms with Gasteiger partial charge in [-0.05, 0) is 76.9 Å². The molecule has 0 N–H and O–H groups in total. The van der Waals surface area contributed by atoms with Crippen LogP contribution in [-0.2, 0) is 0 Å². The molecule has 0 spiro atoms. The fourth-order valence-corrected chi connectivity index (χ4v) is 7.36. The molecule has 47 heavy (non-hydrogen) atoms. The van der Waals surface area contributed by atoms with E-state index in [0.29, 0.717) is 0 Å². The Morgan fingerprint density at radius 3 is 1.51 bits per heavy atom. The summed E-state index contributed by atoms with van der Waals surface area (Å²) in [4.78, 5) is 0. The molecule has 3 heterocycles. The largest absolute Gasteiger partial charge is 0.439 e. The summed E-state index contributed by atoms with van der Waals surface area (Å²) in [5, 5.41) is 6.04. The van der Waals surface area contributed by atoms with Crippen molar-refractivity contribution in [1.82, 2.24) is 9.13 Å². The number of nitrogens with zero attached hydrogens (tertiary/aromatic N) is 2. The first-order chi connectivity index (χ1) is 23.3. The number of hydrogen-bond donors (Lipinski definition) is 0. The molecule has 0 saturated carbocycles. The van der Waals surface area contributed by atoms with Crippen LogP contribution in [0.25, 0.3) is 88.4 Å². The molecule has 0 aliphatic carbocycles. The molecule has 10 rings (SSSR count). The van der Waals surface area contributed by atoms with Crippen molar-refractivity contribution < 1.29 is 4.42 Å². The molecule has 3 nitrogen and oxygen atoms in total. The first kappa shape index (κ1) is 26.0. The lowest BCUT2D eigenvalue weighted by Crippen LogP contribution is -1.93. The molecule has 0 fully saturated rings.